The zero-order valence-electron chi connectivity index (χ0n) is 12.2. The average Bonchev–Trinajstić information content (AvgIpc) is 2.80. The molecule has 0 bridgehead atoms. The zero-order chi connectivity index (χ0) is 14.8. The highest BCUT2D eigenvalue weighted by Crippen LogP contribution is 2.21. The van der Waals surface area contributed by atoms with Gasteiger partial charge in [-0.05, 0) is 50.8 Å². The van der Waals surface area contributed by atoms with Gasteiger partial charge in [0.2, 0.25) is 0 Å². The number of aromatic carboxylic acids is 1. The molecule has 2 heterocycles. The molecule has 0 saturated carbocycles. The fourth-order valence-electron chi connectivity index (χ4n) is 2.97. The molecule has 1 saturated heterocycles. The van der Waals surface area contributed by atoms with Crippen molar-refractivity contribution in [3.63, 3.8) is 0 Å². The van der Waals surface area contributed by atoms with Crippen LogP contribution in [0.4, 0.5) is 0 Å². The fraction of sp³-hybridized carbons (Fsp3) is 0.500. The number of aromatic nitrogens is 2. The average molecular weight is 288 g/mol. The third kappa shape index (κ3) is 2.93. The van der Waals surface area contributed by atoms with E-state index in [4.69, 9.17) is 9.84 Å². The van der Waals surface area contributed by atoms with Gasteiger partial charge in [0.1, 0.15) is 5.82 Å². The van der Waals surface area contributed by atoms with Crippen molar-refractivity contribution in [2.24, 2.45) is 0 Å². The van der Waals surface area contributed by atoms with Gasteiger partial charge in [0, 0.05) is 13.2 Å². The number of nitrogens with zero attached hydrogens (tertiary/aromatic N) is 2. The Balaban J connectivity index is 1.84. The Hall–Kier alpha value is -1.88. The number of carboxylic acids is 1. The Kier molecular flexibility index (Phi) is 3.92. The lowest BCUT2D eigenvalue weighted by atomic mass is 10.1. The maximum Gasteiger partial charge on any atom is 0.335 e. The predicted molar refractivity (Wildman–Crippen MR) is 79.6 cm³/mol. The number of aryl methyl sites for hydroxylation is 2. The number of hydrogen-bond donors (Lipinski definition) is 1. The van der Waals surface area contributed by atoms with Crippen molar-refractivity contribution in [3.8, 4) is 0 Å². The summed E-state index contributed by atoms with van der Waals surface area (Å²) in [4.78, 5) is 15.6. The number of ether oxygens (including phenoxy) is 1. The van der Waals surface area contributed by atoms with Gasteiger partial charge in [0.25, 0.3) is 0 Å². The van der Waals surface area contributed by atoms with Crippen LogP contribution in [0.15, 0.2) is 18.2 Å². The van der Waals surface area contributed by atoms with Crippen LogP contribution in [0.25, 0.3) is 11.0 Å². The van der Waals surface area contributed by atoms with Crippen LogP contribution in [0.1, 0.15) is 41.9 Å². The quantitative estimate of drug-likeness (QED) is 0.939. The normalized spacial score (nSPS) is 19.0. The summed E-state index contributed by atoms with van der Waals surface area (Å²) >= 11 is 0. The highest BCUT2D eigenvalue weighted by atomic mass is 16.5. The molecule has 112 valence electrons. The number of carbonyl (C=O) groups is 1. The molecule has 21 heavy (non-hydrogen) atoms. The van der Waals surface area contributed by atoms with Gasteiger partial charge in [-0.25, -0.2) is 9.78 Å². The molecule has 0 radical (unpaired) electrons. The molecule has 5 nitrogen and oxygen atoms in total. The highest BCUT2D eigenvalue weighted by Gasteiger charge is 2.16. The SMILES string of the molecule is Cc1nc2ccc(C(=O)O)cc2n1CCC1CCCCO1. The van der Waals surface area contributed by atoms with Crippen molar-refractivity contribution in [2.75, 3.05) is 6.61 Å². The second-order valence-electron chi connectivity index (χ2n) is 5.60. The standard InChI is InChI=1S/C16H20N2O3/c1-11-17-14-6-5-12(16(19)20)10-15(14)18(11)8-7-13-4-2-3-9-21-13/h5-6,10,13H,2-4,7-9H2,1H3,(H,19,20). The summed E-state index contributed by atoms with van der Waals surface area (Å²) in [7, 11) is 0. The Morgan fingerprint density at radius 2 is 2.33 bits per heavy atom. The fourth-order valence-corrected chi connectivity index (χ4v) is 2.97. The summed E-state index contributed by atoms with van der Waals surface area (Å²) in [6.45, 7) is 3.63. The van der Waals surface area contributed by atoms with Crippen LogP contribution in [0.2, 0.25) is 0 Å². The van der Waals surface area contributed by atoms with Gasteiger partial charge in [0.05, 0.1) is 22.7 Å². The Morgan fingerprint density at radius 3 is 3.05 bits per heavy atom. The molecule has 1 aliphatic heterocycles. The Labute approximate surface area is 123 Å². The second kappa shape index (κ2) is 5.85. The third-order valence-electron chi connectivity index (χ3n) is 4.13. The van der Waals surface area contributed by atoms with Crippen molar-refractivity contribution in [2.45, 2.75) is 45.3 Å². The van der Waals surface area contributed by atoms with Crippen LogP contribution >= 0.6 is 0 Å². The largest absolute Gasteiger partial charge is 0.478 e. The number of hydrogen-bond acceptors (Lipinski definition) is 3. The molecule has 1 aliphatic rings. The van der Waals surface area contributed by atoms with Gasteiger partial charge >= 0.3 is 5.97 Å². The minimum Gasteiger partial charge on any atom is -0.478 e. The number of carboxylic acid groups (broad SMARTS) is 1. The topological polar surface area (TPSA) is 64.3 Å². The molecule has 1 unspecified atom stereocenters. The van der Waals surface area contributed by atoms with Crippen molar-refractivity contribution >= 4 is 17.0 Å². The van der Waals surface area contributed by atoms with E-state index in [1.165, 1.54) is 6.42 Å². The summed E-state index contributed by atoms with van der Waals surface area (Å²) in [5.74, 6) is 0.0151. The van der Waals surface area contributed by atoms with Crippen LogP contribution in [-0.4, -0.2) is 33.3 Å². The Bertz CT molecular complexity index is 657. The van der Waals surface area contributed by atoms with Crippen LogP contribution in [0, 0.1) is 6.92 Å². The lowest BCUT2D eigenvalue weighted by molar-refractivity contribution is 0.00889. The second-order valence-corrected chi connectivity index (χ2v) is 5.60. The first-order valence-electron chi connectivity index (χ1n) is 7.47. The Morgan fingerprint density at radius 1 is 1.48 bits per heavy atom. The molecule has 1 N–H and O–H groups in total. The van der Waals surface area contributed by atoms with Gasteiger partial charge in [-0.15, -0.1) is 0 Å². The maximum atomic E-state index is 11.1. The van der Waals surface area contributed by atoms with Crippen LogP contribution in [0.3, 0.4) is 0 Å². The van der Waals surface area contributed by atoms with Gasteiger partial charge in [-0.1, -0.05) is 0 Å². The van der Waals surface area contributed by atoms with Gasteiger partial charge in [-0.3, -0.25) is 0 Å². The molecule has 1 fully saturated rings. The summed E-state index contributed by atoms with van der Waals surface area (Å²) in [6, 6.07) is 5.09. The van der Waals surface area contributed by atoms with Crippen molar-refractivity contribution < 1.29 is 14.6 Å². The van der Waals surface area contributed by atoms with E-state index in [2.05, 4.69) is 9.55 Å². The van der Waals surface area contributed by atoms with E-state index in [-0.39, 0.29) is 0 Å². The zero-order valence-corrected chi connectivity index (χ0v) is 12.2. The van der Waals surface area contributed by atoms with Crippen LogP contribution in [0.5, 0.6) is 0 Å². The first-order chi connectivity index (χ1) is 10.1. The smallest absolute Gasteiger partial charge is 0.335 e. The van der Waals surface area contributed by atoms with E-state index < -0.39 is 5.97 Å². The van der Waals surface area contributed by atoms with Crippen molar-refractivity contribution in [3.05, 3.63) is 29.6 Å². The predicted octanol–water partition coefficient (Wildman–Crippen LogP) is 3.00. The molecule has 0 spiro atoms. The number of benzene rings is 1. The summed E-state index contributed by atoms with van der Waals surface area (Å²) in [6.07, 6.45) is 4.77. The molecule has 2 aromatic rings. The molecule has 0 amide bonds. The summed E-state index contributed by atoms with van der Waals surface area (Å²) in [5, 5.41) is 9.13. The van der Waals surface area contributed by atoms with Gasteiger partial charge in [0.15, 0.2) is 0 Å². The van der Waals surface area contributed by atoms with E-state index in [0.717, 1.165) is 49.3 Å². The van der Waals surface area contributed by atoms with Gasteiger partial charge in [-0.2, -0.15) is 0 Å². The van der Waals surface area contributed by atoms with Crippen LogP contribution < -0.4 is 0 Å². The molecule has 0 aliphatic carbocycles. The molecule has 1 aromatic carbocycles. The lowest BCUT2D eigenvalue weighted by Crippen LogP contribution is -2.21. The van der Waals surface area contributed by atoms with Crippen molar-refractivity contribution in [1.29, 1.82) is 0 Å². The number of rotatable bonds is 4. The first kappa shape index (κ1) is 14.1. The molecule has 5 heteroatoms. The van der Waals surface area contributed by atoms with E-state index in [1.54, 1.807) is 18.2 Å². The first-order valence-corrected chi connectivity index (χ1v) is 7.47. The lowest BCUT2D eigenvalue weighted by Gasteiger charge is -2.23. The van der Waals surface area contributed by atoms with E-state index in [9.17, 15) is 4.79 Å². The minimum absolute atomic E-state index is 0.303. The molecule has 3 rings (SSSR count). The number of fused-ring (bicyclic) bond motifs is 1. The van der Waals surface area contributed by atoms with Crippen LogP contribution in [-0.2, 0) is 11.3 Å². The molecule has 1 aromatic heterocycles. The van der Waals surface area contributed by atoms with Gasteiger partial charge < -0.3 is 14.4 Å². The van der Waals surface area contributed by atoms with E-state index >= 15 is 0 Å². The summed E-state index contributed by atoms with van der Waals surface area (Å²) in [5.41, 5.74) is 2.04. The van der Waals surface area contributed by atoms with E-state index in [0.29, 0.717) is 11.7 Å². The van der Waals surface area contributed by atoms with E-state index in [1.807, 2.05) is 6.92 Å². The molecular formula is C16H20N2O3. The third-order valence-corrected chi connectivity index (χ3v) is 4.13. The summed E-state index contributed by atoms with van der Waals surface area (Å²) < 4.78 is 7.86. The number of imidazole rings is 1. The highest BCUT2D eigenvalue weighted by molar-refractivity contribution is 5.92. The van der Waals surface area contributed by atoms with Crippen molar-refractivity contribution in [1.82, 2.24) is 9.55 Å². The molecular weight excluding hydrogens is 268 g/mol. The molecule has 1 atom stereocenters. The minimum atomic E-state index is -0.905. The maximum absolute atomic E-state index is 11.1. The monoisotopic (exact) mass is 288 g/mol.